The van der Waals surface area contributed by atoms with Gasteiger partial charge in [0.15, 0.2) is 6.23 Å². The van der Waals surface area contributed by atoms with Crippen molar-refractivity contribution in [1.29, 1.82) is 0 Å². The van der Waals surface area contributed by atoms with E-state index in [9.17, 15) is 10.2 Å². The third kappa shape index (κ3) is 1.70. The second kappa shape index (κ2) is 4.23. The Labute approximate surface area is 92.1 Å². The lowest BCUT2D eigenvalue weighted by Gasteiger charge is -2.14. The van der Waals surface area contributed by atoms with E-state index in [2.05, 4.69) is 11.0 Å². The van der Waals surface area contributed by atoms with E-state index in [4.69, 9.17) is 16.3 Å². The summed E-state index contributed by atoms with van der Waals surface area (Å²) in [5, 5.41) is 32.1. The summed E-state index contributed by atoms with van der Waals surface area (Å²) in [4.78, 5) is 0. The second-order valence-electron chi connectivity index (χ2n) is 3.55. The van der Waals surface area contributed by atoms with Gasteiger partial charge >= 0.3 is 0 Å². The van der Waals surface area contributed by atoms with E-state index in [-0.39, 0.29) is 6.61 Å². The van der Waals surface area contributed by atoms with Crippen molar-refractivity contribution in [3.05, 3.63) is 18.0 Å². The largest absolute Gasteiger partial charge is 0.394 e. The van der Waals surface area contributed by atoms with Crippen molar-refractivity contribution in [2.45, 2.75) is 24.5 Å². The highest BCUT2D eigenvalue weighted by molar-refractivity contribution is 5.21. The first-order chi connectivity index (χ1) is 7.67. The highest BCUT2D eigenvalue weighted by Gasteiger charge is 2.43. The van der Waals surface area contributed by atoms with Crippen molar-refractivity contribution in [2.24, 2.45) is 0 Å². The van der Waals surface area contributed by atoms with E-state index in [1.165, 1.54) is 4.68 Å². The van der Waals surface area contributed by atoms with Gasteiger partial charge in [0, 0.05) is 6.20 Å². The monoisotopic (exact) mass is 224 g/mol. The van der Waals surface area contributed by atoms with Gasteiger partial charge in [0.05, 0.1) is 6.61 Å². The number of aliphatic hydroxyl groups is 3. The molecule has 0 radical (unpaired) electrons. The van der Waals surface area contributed by atoms with E-state index in [0.29, 0.717) is 5.69 Å². The molecule has 0 saturated carbocycles. The molecule has 6 heteroatoms. The van der Waals surface area contributed by atoms with Crippen LogP contribution in [0, 0.1) is 12.3 Å². The normalized spacial score (nSPS) is 33.9. The summed E-state index contributed by atoms with van der Waals surface area (Å²) in [6.45, 7) is -0.363. The number of ether oxygens (including phenoxy) is 1. The van der Waals surface area contributed by atoms with Crippen LogP contribution in [0.2, 0.25) is 0 Å². The van der Waals surface area contributed by atoms with Crippen LogP contribution in [-0.2, 0) is 4.74 Å². The fourth-order valence-corrected chi connectivity index (χ4v) is 1.66. The summed E-state index contributed by atoms with van der Waals surface area (Å²) < 4.78 is 6.59. The first-order valence-corrected chi connectivity index (χ1v) is 4.81. The molecule has 1 aromatic rings. The molecule has 0 aliphatic carbocycles. The lowest BCUT2D eigenvalue weighted by atomic mass is 10.1. The van der Waals surface area contributed by atoms with Gasteiger partial charge in [0.25, 0.3) is 0 Å². The van der Waals surface area contributed by atoms with Crippen LogP contribution in [0.15, 0.2) is 12.3 Å². The van der Waals surface area contributed by atoms with E-state index < -0.39 is 24.5 Å². The number of rotatable bonds is 2. The SMILES string of the molecule is C#Cc1ccn([C@@H]2O[C@H](CO)C(O)C2O)n1. The summed E-state index contributed by atoms with van der Waals surface area (Å²) in [5.41, 5.74) is 0.415. The Morgan fingerprint density at radius 1 is 1.50 bits per heavy atom. The van der Waals surface area contributed by atoms with Gasteiger partial charge in [0.2, 0.25) is 0 Å². The maximum Gasteiger partial charge on any atom is 0.179 e. The zero-order valence-electron chi connectivity index (χ0n) is 8.39. The van der Waals surface area contributed by atoms with Crippen molar-refractivity contribution in [3.8, 4) is 12.3 Å². The molecule has 0 bridgehead atoms. The van der Waals surface area contributed by atoms with Crippen molar-refractivity contribution in [2.75, 3.05) is 6.61 Å². The standard InChI is InChI=1S/C10H12N2O4/c1-2-6-3-4-12(11-6)10-9(15)8(14)7(5-13)16-10/h1,3-4,7-10,13-15H,5H2/t7-,8?,9?,10-/m1/s1. The number of nitrogens with zero attached hydrogens (tertiary/aromatic N) is 2. The molecule has 6 nitrogen and oxygen atoms in total. The Kier molecular flexibility index (Phi) is 2.94. The Morgan fingerprint density at radius 2 is 2.25 bits per heavy atom. The summed E-state index contributed by atoms with van der Waals surface area (Å²) >= 11 is 0. The van der Waals surface area contributed by atoms with Crippen molar-refractivity contribution >= 4 is 0 Å². The minimum Gasteiger partial charge on any atom is -0.394 e. The molecule has 1 aliphatic rings. The molecule has 4 atom stereocenters. The highest BCUT2D eigenvalue weighted by atomic mass is 16.6. The van der Waals surface area contributed by atoms with Gasteiger partial charge in [-0.25, -0.2) is 4.68 Å². The predicted octanol–water partition coefficient (Wildman–Crippen LogP) is -1.52. The summed E-state index contributed by atoms with van der Waals surface area (Å²) in [6.07, 6.45) is 2.81. The first-order valence-electron chi connectivity index (χ1n) is 4.81. The van der Waals surface area contributed by atoms with Gasteiger partial charge in [-0.05, 0) is 12.0 Å². The molecule has 1 fully saturated rings. The number of terminal acetylenes is 1. The van der Waals surface area contributed by atoms with Gasteiger partial charge in [-0.1, -0.05) is 0 Å². The van der Waals surface area contributed by atoms with Gasteiger partial charge < -0.3 is 20.1 Å². The quantitative estimate of drug-likeness (QED) is 0.531. The molecule has 2 unspecified atom stereocenters. The number of hydrogen-bond acceptors (Lipinski definition) is 5. The predicted molar refractivity (Wildman–Crippen MR) is 53.2 cm³/mol. The molecule has 2 rings (SSSR count). The van der Waals surface area contributed by atoms with E-state index >= 15 is 0 Å². The Bertz CT molecular complexity index is 411. The molecule has 1 aromatic heterocycles. The van der Waals surface area contributed by atoms with Crippen LogP contribution in [0.25, 0.3) is 0 Å². The molecule has 0 aromatic carbocycles. The molecule has 16 heavy (non-hydrogen) atoms. The van der Waals surface area contributed by atoms with E-state index in [0.717, 1.165) is 0 Å². The lowest BCUT2D eigenvalue weighted by Crippen LogP contribution is -2.33. The zero-order chi connectivity index (χ0) is 11.7. The summed E-state index contributed by atoms with van der Waals surface area (Å²) in [5.74, 6) is 2.34. The highest BCUT2D eigenvalue weighted by Crippen LogP contribution is 2.28. The molecule has 0 amide bonds. The van der Waals surface area contributed by atoms with E-state index in [1.807, 2.05) is 0 Å². The topological polar surface area (TPSA) is 87.7 Å². The molecule has 1 saturated heterocycles. The Balaban J connectivity index is 2.20. The fraction of sp³-hybridized carbons (Fsp3) is 0.500. The first kappa shape index (κ1) is 11.1. The summed E-state index contributed by atoms with van der Waals surface area (Å²) in [6, 6.07) is 1.59. The third-order valence-electron chi connectivity index (χ3n) is 2.53. The van der Waals surface area contributed by atoms with Crippen LogP contribution in [0.1, 0.15) is 11.9 Å². The summed E-state index contributed by atoms with van der Waals surface area (Å²) in [7, 11) is 0. The minimum absolute atomic E-state index is 0.363. The van der Waals surface area contributed by atoms with Gasteiger partial charge in [-0.2, -0.15) is 5.10 Å². The van der Waals surface area contributed by atoms with Crippen LogP contribution >= 0.6 is 0 Å². The van der Waals surface area contributed by atoms with Gasteiger partial charge in [-0.3, -0.25) is 0 Å². The molecular weight excluding hydrogens is 212 g/mol. The van der Waals surface area contributed by atoms with E-state index in [1.54, 1.807) is 12.3 Å². The Hall–Kier alpha value is -1.39. The lowest BCUT2D eigenvalue weighted by molar-refractivity contribution is -0.0586. The van der Waals surface area contributed by atoms with Crippen LogP contribution in [0.5, 0.6) is 0 Å². The molecule has 86 valence electrons. The second-order valence-corrected chi connectivity index (χ2v) is 3.55. The number of aliphatic hydroxyl groups excluding tert-OH is 3. The maximum absolute atomic E-state index is 9.70. The van der Waals surface area contributed by atoms with Crippen LogP contribution in [0.3, 0.4) is 0 Å². The van der Waals surface area contributed by atoms with Crippen LogP contribution in [0.4, 0.5) is 0 Å². The average Bonchev–Trinajstić information content (AvgIpc) is 2.86. The number of aromatic nitrogens is 2. The molecule has 1 aliphatic heterocycles. The number of hydrogen-bond donors (Lipinski definition) is 3. The van der Waals surface area contributed by atoms with Gasteiger partial charge in [-0.15, -0.1) is 6.42 Å². The van der Waals surface area contributed by atoms with Gasteiger partial charge in [0.1, 0.15) is 24.0 Å². The Morgan fingerprint density at radius 3 is 2.75 bits per heavy atom. The molecule has 3 N–H and O–H groups in total. The maximum atomic E-state index is 9.70. The molecule has 2 heterocycles. The van der Waals surface area contributed by atoms with Crippen molar-refractivity contribution in [3.63, 3.8) is 0 Å². The van der Waals surface area contributed by atoms with Crippen LogP contribution in [-0.4, -0.2) is 50.0 Å². The third-order valence-corrected chi connectivity index (χ3v) is 2.53. The average molecular weight is 224 g/mol. The van der Waals surface area contributed by atoms with Crippen molar-refractivity contribution in [1.82, 2.24) is 9.78 Å². The molecule has 0 spiro atoms. The zero-order valence-corrected chi connectivity index (χ0v) is 8.39. The fourth-order valence-electron chi connectivity index (χ4n) is 1.66. The molecular formula is C10H12N2O4. The smallest absolute Gasteiger partial charge is 0.179 e. The van der Waals surface area contributed by atoms with Crippen LogP contribution < -0.4 is 0 Å². The minimum atomic E-state index is -1.14. The van der Waals surface area contributed by atoms with Crippen molar-refractivity contribution < 1.29 is 20.1 Å².